The maximum Gasteiger partial charge on any atom is 0.250 e. The molecule has 2 aromatic rings. The van der Waals surface area contributed by atoms with E-state index in [4.69, 9.17) is 5.73 Å². The molecule has 1 heterocycles. The van der Waals surface area contributed by atoms with Crippen LogP contribution in [0.1, 0.15) is 13.8 Å². The number of para-hydroxylation sites is 2. The Morgan fingerprint density at radius 1 is 1.15 bits per heavy atom. The molecule has 5 heteroatoms. The molecule has 104 valence electrons. The second kappa shape index (κ2) is 5.21. The van der Waals surface area contributed by atoms with Gasteiger partial charge in [0, 0.05) is 24.5 Å². The summed E-state index contributed by atoms with van der Waals surface area (Å²) in [6, 6.07) is 9.92. The number of pyridine rings is 1. The van der Waals surface area contributed by atoms with Crippen LogP contribution < -0.4 is 16.5 Å². The lowest BCUT2D eigenvalue weighted by molar-refractivity contribution is -0.123. The van der Waals surface area contributed by atoms with Crippen molar-refractivity contribution in [1.82, 2.24) is 4.57 Å². The topological polar surface area (TPSA) is 77.1 Å². The van der Waals surface area contributed by atoms with Crippen LogP contribution in [0.15, 0.2) is 53.6 Å². The number of hydrogen-bond donors (Lipinski definition) is 2. The van der Waals surface area contributed by atoms with Crippen LogP contribution in [0.2, 0.25) is 0 Å². The molecule has 0 saturated heterocycles. The Bertz CT molecular complexity index is 669. The zero-order chi connectivity index (χ0) is 14.8. The number of benzene rings is 1. The van der Waals surface area contributed by atoms with Crippen molar-refractivity contribution in [3.05, 3.63) is 59.0 Å². The fourth-order valence-corrected chi connectivity index (χ4v) is 1.79. The van der Waals surface area contributed by atoms with Crippen LogP contribution in [-0.4, -0.2) is 10.5 Å². The number of nitrogens with zero attached hydrogens (tertiary/aromatic N) is 1. The van der Waals surface area contributed by atoms with Crippen molar-refractivity contribution < 1.29 is 4.79 Å². The Balaban J connectivity index is 2.25. The van der Waals surface area contributed by atoms with E-state index in [1.165, 1.54) is 12.1 Å². The van der Waals surface area contributed by atoms with Gasteiger partial charge in [0.05, 0.1) is 11.4 Å². The lowest BCUT2D eigenvalue weighted by Crippen LogP contribution is -2.40. The summed E-state index contributed by atoms with van der Waals surface area (Å²) in [4.78, 5) is 23.5. The summed E-state index contributed by atoms with van der Waals surface area (Å²) in [6.45, 7) is 3.54. The predicted molar refractivity (Wildman–Crippen MR) is 79.5 cm³/mol. The molecule has 0 spiro atoms. The largest absolute Gasteiger partial charge is 0.397 e. The number of amides is 1. The molecule has 0 bridgehead atoms. The average Bonchev–Trinajstić information content (AvgIpc) is 2.41. The van der Waals surface area contributed by atoms with E-state index >= 15 is 0 Å². The molecule has 1 amide bonds. The number of carbonyl (C=O) groups excluding carboxylic acids is 1. The fourth-order valence-electron chi connectivity index (χ4n) is 1.79. The highest BCUT2D eigenvalue weighted by Gasteiger charge is 2.29. The van der Waals surface area contributed by atoms with Crippen LogP contribution in [0.3, 0.4) is 0 Å². The third-order valence-electron chi connectivity index (χ3n) is 3.21. The van der Waals surface area contributed by atoms with Gasteiger partial charge in [0.2, 0.25) is 5.91 Å². The molecular formula is C15H17N3O2. The first-order chi connectivity index (χ1) is 9.41. The van der Waals surface area contributed by atoms with Crippen LogP contribution in [-0.2, 0) is 10.3 Å². The van der Waals surface area contributed by atoms with Crippen molar-refractivity contribution in [1.29, 1.82) is 0 Å². The fraction of sp³-hybridized carbons (Fsp3) is 0.200. The first kappa shape index (κ1) is 13.9. The van der Waals surface area contributed by atoms with Crippen molar-refractivity contribution in [3.63, 3.8) is 0 Å². The molecule has 0 saturated carbocycles. The molecule has 0 aliphatic carbocycles. The summed E-state index contributed by atoms with van der Waals surface area (Å²) in [7, 11) is 0. The monoisotopic (exact) mass is 271 g/mol. The number of aromatic nitrogens is 1. The van der Waals surface area contributed by atoms with Gasteiger partial charge in [-0.2, -0.15) is 0 Å². The molecule has 0 radical (unpaired) electrons. The zero-order valence-electron chi connectivity index (χ0n) is 11.5. The maximum absolute atomic E-state index is 12.4. The minimum Gasteiger partial charge on any atom is -0.397 e. The molecule has 1 aromatic heterocycles. The Hall–Kier alpha value is -2.56. The smallest absolute Gasteiger partial charge is 0.250 e. The number of nitrogens with one attached hydrogen (secondary N) is 1. The summed E-state index contributed by atoms with van der Waals surface area (Å²) in [5.74, 6) is -0.209. The lowest BCUT2D eigenvalue weighted by Gasteiger charge is -2.27. The molecule has 0 atom stereocenters. The highest BCUT2D eigenvalue weighted by Crippen LogP contribution is 2.21. The highest BCUT2D eigenvalue weighted by molar-refractivity contribution is 5.98. The van der Waals surface area contributed by atoms with E-state index in [-0.39, 0.29) is 11.3 Å². The normalized spacial score (nSPS) is 11.1. The van der Waals surface area contributed by atoms with E-state index in [0.29, 0.717) is 11.4 Å². The Morgan fingerprint density at radius 3 is 2.35 bits per heavy atom. The standard InChI is InChI=1S/C15H17N3O2/c1-15(2,18-9-7-11(19)8-10-18)14(20)17-13-6-4-3-5-12(13)16/h3-10H,16H2,1-2H3,(H,17,20). The Kier molecular flexibility index (Phi) is 3.61. The van der Waals surface area contributed by atoms with Gasteiger partial charge in [-0.05, 0) is 26.0 Å². The average molecular weight is 271 g/mol. The van der Waals surface area contributed by atoms with Crippen molar-refractivity contribution in [2.24, 2.45) is 0 Å². The number of hydrogen-bond acceptors (Lipinski definition) is 3. The van der Waals surface area contributed by atoms with Crippen molar-refractivity contribution in [2.45, 2.75) is 19.4 Å². The van der Waals surface area contributed by atoms with E-state index in [0.717, 1.165) is 0 Å². The van der Waals surface area contributed by atoms with E-state index in [1.54, 1.807) is 55.1 Å². The first-order valence-corrected chi connectivity index (χ1v) is 6.26. The quantitative estimate of drug-likeness (QED) is 0.836. The van der Waals surface area contributed by atoms with Crippen LogP contribution in [0.25, 0.3) is 0 Å². The Morgan fingerprint density at radius 2 is 1.75 bits per heavy atom. The van der Waals surface area contributed by atoms with Crippen molar-refractivity contribution >= 4 is 17.3 Å². The third kappa shape index (κ3) is 2.71. The van der Waals surface area contributed by atoms with E-state index in [2.05, 4.69) is 5.32 Å². The van der Waals surface area contributed by atoms with Crippen molar-refractivity contribution in [2.75, 3.05) is 11.1 Å². The highest BCUT2D eigenvalue weighted by atomic mass is 16.2. The van der Waals surface area contributed by atoms with Gasteiger partial charge in [-0.1, -0.05) is 12.1 Å². The molecule has 0 unspecified atom stereocenters. The number of rotatable bonds is 3. The minimum absolute atomic E-state index is 0.0928. The number of carbonyl (C=O) groups is 1. The zero-order valence-corrected chi connectivity index (χ0v) is 11.5. The molecule has 2 rings (SSSR count). The van der Waals surface area contributed by atoms with E-state index in [9.17, 15) is 9.59 Å². The van der Waals surface area contributed by atoms with Crippen LogP contribution >= 0.6 is 0 Å². The van der Waals surface area contributed by atoms with Crippen molar-refractivity contribution in [3.8, 4) is 0 Å². The van der Waals surface area contributed by atoms with Gasteiger partial charge in [0.1, 0.15) is 5.54 Å². The second-order valence-electron chi connectivity index (χ2n) is 5.04. The van der Waals surface area contributed by atoms with E-state index in [1.807, 2.05) is 0 Å². The minimum atomic E-state index is -0.837. The summed E-state index contributed by atoms with van der Waals surface area (Å²) < 4.78 is 1.68. The van der Waals surface area contributed by atoms with Gasteiger partial charge in [0.15, 0.2) is 5.43 Å². The number of nitrogen functional groups attached to an aromatic ring is 1. The van der Waals surface area contributed by atoms with Crippen LogP contribution in [0.5, 0.6) is 0 Å². The molecule has 20 heavy (non-hydrogen) atoms. The molecular weight excluding hydrogens is 254 g/mol. The third-order valence-corrected chi connectivity index (χ3v) is 3.21. The van der Waals surface area contributed by atoms with Gasteiger partial charge >= 0.3 is 0 Å². The SMILES string of the molecule is CC(C)(C(=O)Nc1ccccc1N)n1ccc(=O)cc1. The van der Waals surface area contributed by atoms with Crippen LogP contribution in [0.4, 0.5) is 11.4 Å². The van der Waals surface area contributed by atoms with E-state index < -0.39 is 5.54 Å². The maximum atomic E-state index is 12.4. The molecule has 0 aliphatic rings. The van der Waals surface area contributed by atoms with Crippen LogP contribution in [0, 0.1) is 0 Å². The van der Waals surface area contributed by atoms with Gasteiger partial charge in [-0.3, -0.25) is 9.59 Å². The lowest BCUT2D eigenvalue weighted by atomic mass is 10.0. The molecule has 1 aromatic carbocycles. The van der Waals surface area contributed by atoms with Gasteiger partial charge in [0.25, 0.3) is 0 Å². The number of nitrogens with two attached hydrogens (primary N) is 1. The van der Waals surface area contributed by atoms with Gasteiger partial charge < -0.3 is 15.6 Å². The summed E-state index contributed by atoms with van der Waals surface area (Å²) >= 11 is 0. The molecule has 0 aliphatic heterocycles. The van der Waals surface area contributed by atoms with Gasteiger partial charge in [-0.15, -0.1) is 0 Å². The molecule has 5 nitrogen and oxygen atoms in total. The number of anilines is 2. The molecule has 0 fully saturated rings. The summed E-state index contributed by atoms with van der Waals surface area (Å²) in [6.07, 6.45) is 3.19. The second-order valence-corrected chi connectivity index (χ2v) is 5.04. The predicted octanol–water partition coefficient (Wildman–Crippen LogP) is 1.80. The summed E-state index contributed by atoms with van der Waals surface area (Å²) in [5, 5.41) is 2.80. The molecule has 3 N–H and O–H groups in total. The first-order valence-electron chi connectivity index (χ1n) is 6.26. The Labute approximate surface area is 117 Å². The summed E-state index contributed by atoms with van der Waals surface area (Å²) in [5.41, 5.74) is 5.96. The van der Waals surface area contributed by atoms with Gasteiger partial charge in [-0.25, -0.2) is 0 Å².